The van der Waals surface area contributed by atoms with E-state index in [0.717, 1.165) is 12.8 Å². The lowest BCUT2D eigenvalue weighted by molar-refractivity contribution is -0.117. The normalized spacial score (nSPS) is 13.4. The highest BCUT2D eigenvalue weighted by molar-refractivity contribution is 6.21. The number of carbonyl (C=O) groups is 2. The van der Waals surface area contributed by atoms with E-state index in [1.54, 1.807) is 29.2 Å². The summed E-state index contributed by atoms with van der Waals surface area (Å²) < 4.78 is 48.9. The third kappa shape index (κ3) is 12.0. The molecular formula is C34H43F3N6O4. The SMILES string of the molecule is C/C=C/COc1ccccc1F.C=C(/C=N\N(/C=C/N)CN)C(=O)c1cc2cc(OC(F)F)c(N3CCCCC(=O)C3)cc2[nH]1.CC. The zero-order chi connectivity index (χ0) is 34.8. The van der Waals surface area contributed by atoms with Crippen LogP contribution in [-0.4, -0.2) is 60.8 Å². The molecule has 0 amide bonds. The smallest absolute Gasteiger partial charge is 0.387 e. The minimum atomic E-state index is -3.03. The molecular weight excluding hydrogens is 613 g/mol. The Balaban J connectivity index is 0.000000458. The van der Waals surface area contributed by atoms with Crippen molar-refractivity contribution in [3.63, 3.8) is 0 Å². The molecule has 0 aliphatic carbocycles. The lowest BCUT2D eigenvalue weighted by Crippen LogP contribution is -2.29. The first-order valence-corrected chi connectivity index (χ1v) is 15.2. The average Bonchev–Trinajstić information content (AvgIpc) is 3.36. The molecule has 0 saturated carbocycles. The first kappa shape index (κ1) is 38.1. The second-order valence-electron chi connectivity index (χ2n) is 9.76. The van der Waals surface area contributed by atoms with Gasteiger partial charge >= 0.3 is 6.61 Å². The summed E-state index contributed by atoms with van der Waals surface area (Å²) >= 11 is 0. The van der Waals surface area contributed by atoms with Gasteiger partial charge in [0.1, 0.15) is 12.4 Å². The quantitative estimate of drug-likeness (QED) is 0.0501. The number of fused-ring (bicyclic) bond motifs is 1. The van der Waals surface area contributed by atoms with Crippen molar-refractivity contribution in [1.82, 2.24) is 9.99 Å². The fourth-order valence-electron chi connectivity index (χ4n) is 4.33. The molecule has 1 aromatic heterocycles. The van der Waals surface area contributed by atoms with Crippen molar-refractivity contribution < 1.29 is 32.2 Å². The van der Waals surface area contributed by atoms with Gasteiger partial charge < -0.3 is 30.8 Å². The molecule has 1 aliphatic rings. The molecule has 4 rings (SSSR count). The van der Waals surface area contributed by atoms with Gasteiger partial charge in [-0.25, -0.2) is 4.39 Å². The molecule has 3 aromatic rings. The maximum atomic E-state index is 13.1. The molecule has 1 saturated heterocycles. The maximum Gasteiger partial charge on any atom is 0.387 e. The van der Waals surface area contributed by atoms with Crippen molar-refractivity contribution in [3.05, 3.63) is 90.7 Å². The van der Waals surface area contributed by atoms with Crippen LogP contribution in [0.3, 0.4) is 0 Å². The number of Topliss-reactive ketones (excluding diaryl/α,β-unsaturated/α-hetero) is 2. The average molecular weight is 657 g/mol. The number of nitrogens with one attached hydrogen (secondary N) is 1. The van der Waals surface area contributed by atoms with Crippen LogP contribution >= 0.6 is 0 Å². The number of nitrogens with two attached hydrogens (primary N) is 2. The van der Waals surface area contributed by atoms with E-state index < -0.39 is 12.4 Å². The van der Waals surface area contributed by atoms with Crippen LogP contribution in [0.15, 0.2) is 84.3 Å². The number of aromatic amines is 1. The topological polar surface area (TPSA) is 139 Å². The molecule has 5 N–H and O–H groups in total. The largest absolute Gasteiger partial charge is 0.486 e. The van der Waals surface area contributed by atoms with E-state index in [4.69, 9.17) is 20.9 Å². The van der Waals surface area contributed by atoms with E-state index in [-0.39, 0.29) is 41.8 Å². The summed E-state index contributed by atoms with van der Waals surface area (Å²) in [5.74, 6) is -0.480. The van der Waals surface area contributed by atoms with Gasteiger partial charge in [0, 0.05) is 41.8 Å². The van der Waals surface area contributed by atoms with Gasteiger partial charge in [-0.3, -0.25) is 14.6 Å². The molecule has 1 fully saturated rings. The number of hydrogen-bond donors (Lipinski definition) is 3. The van der Waals surface area contributed by atoms with Gasteiger partial charge in [0.15, 0.2) is 17.3 Å². The molecule has 0 bridgehead atoms. The summed E-state index contributed by atoms with van der Waals surface area (Å²) in [6.45, 7) is 7.69. The summed E-state index contributed by atoms with van der Waals surface area (Å²) in [6.07, 6.45) is 9.57. The number of carbonyl (C=O) groups excluding carboxylic acids is 2. The highest BCUT2D eigenvalue weighted by Gasteiger charge is 2.22. The van der Waals surface area contributed by atoms with Gasteiger partial charge in [-0.15, -0.1) is 0 Å². The lowest BCUT2D eigenvalue weighted by atomic mass is 10.1. The van der Waals surface area contributed by atoms with Gasteiger partial charge in [0.2, 0.25) is 5.78 Å². The van der Waals surface area contributed by atoms with E-state index in [2.05, 4.69) is 16.7 Å². The van der Waals surface area contributed by atoms with Crippen LogP contribution < -0.4 is 25.8 Å². The van der Waals surface area contributed by atoms with Gasteiger partial charge in [0.05, 0.1) is 30.8 Å². The van der Waals surface area contributed by atoms with E-state index in [0.29, 0.717) is 41.9 Å². The summed E-state index contributed by atoms with van der Waals surface area (Å²) in [5.41, 5.74) is 12.0. The van der Waals surface area contributed by atoms with Crippen molar-refractivity contribution in [2.24, 2.45) is 16.6 Å². The van der Waals surface area contributed by atoms with Crippen LogP contribution in [0.4, 0.5) is 18.9 Å². The molecule has 0 spiro atoms. The second-order valence-corrected chi connectivity index (χ2v) is 9.76. The monoisotopic (exact) mass is 656 g/mol. The highest BCUT2D eigenvalue weighted by atomic mass is 19.3. The van der Waals surface area contributed by atoms with Gasteiger partial charge in [-0.1, -0.05) is 44.7 Å². The number of ketones is 2. The Labute approximate surface area is 273 Å². The van der Waals surface area contributed by atoms with Crippen molar-refractivity contribution in [2.75, 3.05) is 31.3 Å². The Bertz CT molecular complexity index is 1550. The first-order valence-electron chi connectivity index (χ1n) is 15.2. The number of rotatable bonds is 12. The van der Waals surface area contributed by atoms with Gasteiger partial charge in [0.25, 0.3) is 0 Å². The predicted molar refractivity (Wildman–Crippen MR) is 180 cm³/mol. The lowest BCUT2D eigenvalue weighted by Gasteiger charge is -2.24. The van der Waals surface area contributed by atoms with E-state index in [1.807, 2.05) is 32.9 Å². The Morgan fingerprint density at radius 1 is 1.19 bits per heavy atom. The predicted octanol–water partition coefficient (Wildman–Crippen LogP) is 6.51. The molecule has 47 heavy (non-hydrogen) atoms. The number of ether oxygens (including phenoxy) is 2. The molecule has 0 atom stereocenters. The number of para-hydroxylation sites is 1. The van der Waals surface area contributed by atoms with Crippen molar-refractivity contribution in [1.29, 1.82) is 0 Å². The van der Waals surface area contributed by atoms with E-state index in [1.165, 1.54) is 41.8 Å². The molecule has 2 heterocycles. The fraction of sp³-hybridized carbons (Fsp3) is 0.324. The Morgan fingerprint density at radius 3 is 2.60 bits per heavy atom. The van der Waals surface area contributed by atoms with Crippen molar-refractivity contribution in [2.45, 2.75) is 46.6 Å². The number of hydrogen-bond acceptors (Lipinski definition) is 9. The summed E-state index contributed by atoms with van der Waals surface area (Å²) in [5, 5.41) is 5.82. The molecule has 0 unspecified atom stereocenters. The minimum absolute atomic E-state index is 0.0320. The first-order chi connectivity index (χ1) is 22.7. The van der Waals surface area contributed by atoms with Crippen molar-refractivity contribution in [3.8, 4) is 11.5 Å². The van der Waals surface area contributed by atoms with Gasteiger partial charge in [-0.05, 0) is 50.1 Å². The Morgan fingerprint density at radius 2 is 1.94 bits per heavy atom. The summed E-state index contributed by atoms with van der Waals surface area (Å²) in [4.78, 5) is 29.6. The standard InChI is InChI=1S/C22H26F2N6O3.C10H11FO.C2H6/c1-14(11-27-30(13-26)7-5-25)21(32)18-8-15-9-20(33-22(23)24)19(10-17(15)28-18)29-6-3-2-4-16(31)12-29;1-2-3-8-12-10-7-5-4-6-9(10)11;1-2/h5,7-11,22,28H,1-4,6,12-13,25-26H2;2-7H,8H2,1H3;1-2H3/b7-5+,27-11-;3-2+;. The van der Waals surface area contributed by atoms with E-state index in [9.17, 15) is 22.8 Å². The molecule has 1 aliphatic heterocycles. The van der Waals surface area contributed by atoms with Crippen molar-refractivity contribution >= 4 is 34.4 Å². The fourth-order valence-corrected chi connectivity index (χ4v) is 4.33. The number of anilines is 1. The van der Waals surface area contributed by atoms with Gasteiger partial charge in [-0.2, -0.15) is 13.9 Å². The van der Waals surface area contributed by atoms with Crippen LogP contribution in [0.2, 0.25) is 0 Å². The molecule has 254 valence electrons. The zero-order valence-corrected chi connectivity index (χ0v) is 26.9. The number of nitrogens with zero attached hydrogens (tertiary/aromatic N) is 3. The van der Waals surface area contributed by atoms with E-state index >= 15 is 0 Å². The Hall–Kier alpha value is -5.04. The van der Waals surface area contributed by atoms with Crippen LogP contribution in [0.1, 0.15) is 50.5 Å². The zero-order valence-electron chi connectivity index (χ0n) is 26.9. The number of benzene rings is 2. The number of aromatic nitrogens is 1. The highest BCUT2D eigenvalue weighted by Crippen LogP contribution is 2.36. The number of alkyl halides is 2. The molecule has 10 nitrogen and oxygen atoms in total. The number of allylic oxidation sites excluding steroid dienone is 2. The molecule has 13 heteroatoms. The summed E-state index contributed by atoms with van der Waals surface area (Å²) in [6, 6.07) is 10.9. The van der Waals surface area contributed by atoms with Crippen LogP contribution in [-0.2, 0) is 4.79 Å². The van der Waals surface area contributed by atoms with Crippen LogP contribution in [0, 0.1) is 5.82 Å². The molecule has 0 radical (unpaired) electrons. The number of H-pyrrole nitrogens is 1. The maximum absolute atomic E-state index is 13.1. The third-order valence-electron chi connectivity index (χ3n) is 6.51. The third-order valence-corrected chi connectivity index (χ3v) is 6.51. The number of hydrazone groups is 1. The second kappa shape index (κ2) is 20.2. The molecule has 2 aromatic carbocycles. The number of halogens is 3. The van der Waals surface area contributed by atoms with Crippen LogP contribution in [0.25, 0.3) is 10.9 Å². The minimum Gasteiger partial charge on any atom is -0.486 e. The Kier molecular flexibility index (Phi) is 16.4. The summed E-state index contributed by atoms with van der Waals surface area (Å²) in [7, 11) is 0. The van der Waals surface area contributed by atoms with Crippen LogP contribution in [0.5, 0.6) is 11.5 Å².